The van der Waals surface area contributed by atoms with Crippen molar-refractivity contribution in [2.45, 2.75) is 271 Å². The molecule has 18 heteroatoms. The summed E-state index contributed by atoms with van der Waals surface area (Å²) in [6, 6.07) is 5.58. The molecule has 0 amide bonds. The quantitative estimate of drug-likeness (QED) is 0.0771. The number of nitrogens with two attached hydrogens (primary N) is 3. The van der Waals surface area contributed by atoms with E-state index < -0.39 is 0 Å². The molecule has 0 bridgehead atoms. The molecule has 6 aromatic heterocycles. The molecule has 0 unspecified atom stereocenters. The molecule has 84 heavy (non-hydrogen) atoms. The Hall–Kier alpha value is -4.78. The average Bonchev–Trinajstić information content (AvgIpc) is 4.01. The Balaban J connectivity index is -0.0000000365. The van der Waals surface area contributed by atoms with E-state index >= 15 is 0 Å². The minimum Gasteiger partial charge on any atom is -0.383 e. The Labute approximate surface area is 537 Å². The van der Waals surface area contributed by atoms with Crippen LogP contribution in [0.3, 0.4) is 0 Å². The number of Topliss-reactive ketones (excluding diaryl/α,β-unsaturated/α-hetero) is 2. The first-order valence-electron chi connectivity index (χ1n) is 27.5. The summed E-state index contributed by atoms with van der Waals surface area (Å²) in [5.41, 5.74) is 23.0. The molecule has 0 fully saturated rings. The lowest BCUT2D eigenvalue weighted by molar-refractivity contribution is -0.119. The van der Waals surface area contributed by atoms with Crippen molar-refractivity contribution in [2.75, 3.05) is 42.8 Å². The number of ketones is 2. The van der Waals surface area contributed by atoms with Gasteiger partial charge in [-0.1, -0.05) is 225 Å². The highest BCUT2D eigenvalue weighted by molar-refractivity contribution is 7.80. The molecule has 6 aromatic rings. The van der Waals surface area contributed by atoms with Crippen LogP contribution in [-0.4, -0.2) is 93.5 Å². The van der Waals surface area contributed by atoms with Gasteiger partial charge in [0.1, 0.15) is 29.0 Å². The fourth-order valence-corrected chi connectivity index (χ4v) is 6.04. The van der Waals surface area contributed by atoms with Crippen LogP contribution in [0, 0.1) is 20.8 Å². The summed E-state index contributed by atoms with van der Waals surface area (Å²) < 4.78 is 5.42. The highest BCUT2D eigenvalue weighted by Crippen LogP contribution is 2.22. The first kappa shape index (κ1) is 129. The molecule has 0 aliphatic heterocycles. The van der Waals surface area contributed by atoms with E-state index in [2.05, 4.69) is 108 Å². The van der Waals surface area contributed by atoms with E-state index in [4.69, 9.17) is 17.2 Å². The average molecular weight is 1240 g/mol. The molecule has 0 aliphatic rings. The number of carbonyl (C=O) groups is 2. The summed E-state index contributed by atoms with van der Waals surface area (Å²) in [6.07, 6.45) is 8.83. The second-order valence-electron chi connectivity index (χ2n) is 13.8. The minimum atomic E-state index is -0.0710. The van der Waals surface area contributed by atoms with Gasteiger partial charge in [0.05, 0.1) is 61.9 Å². The molecule has 512 valence electrons. The number of nitrogen functional groups attached to an aromatic ring is 3. The second-order valence-corrected chi connectivity index (χ2v) is 14.5. The van der Waals surface area contributed by atoms with Gasteiger partial charge in [0.25, 0.3) is 0 Å². The summed E-state index contributed by atoms with van der Waals surface area (Å²) in [4.78, 5) is 33.0. The number of aryl methyl sites for hydroxylation is 6. The second kappa shape index (κ2) is 92.0. The summed E-state index contributed by atoms with van der Waals surface area (Å²) in [5, 5.41) is 21.3. The van der Waals surface area contributed by atoms with Crippen molar-refractivity contribution in [3.05, 3.63) is 53.9 Å². The maximum Gasteiger partial charge on any atom is 0.147 e. The molecule has 2 atom stereocenters. The third-order valence-electron chi connectivity index (χ3n) is 7.95. The number of hydrogen-bond donors (Lipinski definition) is 7. The van der Waals surface area contributed by atoms with Crippen LogP contribution in [-0.2, 0) is 30.7 Å². The van der Waals surface area contributed by atoms with Gasteiger partial charge in [0, 0.05) is 51.2 Å². The Morgan fingerprint density at radius 2 is 0.583 bits per heavy atom. The van der Waals surface area contributed by atoms with Crippen molar-refractivity contribution in [1.82, 2.24) is 54.9 Å². The first-order chi connectivity index (χ1) is 35.8. The van der Waals surface area contributed by atoms with Crippen LogP contribution in [0.25, 0.3) is 32.7 Å². The van der Waals surface area contributed by atoms with Crippen molar-refractivity contribution in [3.63, 3.8) is 0 Å². The maximum absolute atomic E-state index is 10.5. The van der Waals surface area contributed by atoms with Crippen molar-refractivity contribution in [2.24, 2.45) is 21.1 Å². The molecular formula is C66H154N14O2S2. The zero-order chi connectivity index (χ0) is 61.4. The van der Waals surface area contributed by atoms with Gasteiger partial charge in [-0.15, -0.1) is 0 Å². The summed E-state index contributed by atoms with van der Waals surface area (Å²) >= 11 is 7.90. The third kappa shape index (κ3) is 56.4. The number of pyridine rings is 3. The molecule has 0 radical (unpaired) electrons. The molecule has 8 N–H and O–H groups in total. The number of carbonyl (C=O) groups excluding carboxylic acids is 2. The number of fused-ring (bicyclic) bond motifs is 3. The van der Waals surface area contributed by atoms with Gasteiger partial charge >= 0.3 is 0 Å². The molecule has 16 nitrogen and oxygen atoms in total. The number of nitrogens with zero attached hydrogens (tertiary/aromatic N) is 9. The van der Waals surface area contributed by atoms with Crippen molar-refractivity contribution >= 4 is 87.0 Å². The summed E-state index contributed by atoms with van der Waals surface area (Å²) in [7, 11) is 9.20. The summed E-state index contributed by atoms with van der Waals surface area (Å²) in [5.74, 6) is 3.09. The van der Waals surface area contributed by atoms with E-state index in [0.29, 0.717) is 29.0 Å². The number of nitrogens with one attached hydrogen (secondary N) is 2. The van der Waals surface area contributed by atoms with E-state index in [1.807, 2.05) is 171 Å². The first-order valence-corrected chi connectivity index (χ1v) is 28.7. The number of hydrogen-bond acceptors (Lipinski definition) is 15. The van der Waals surface area contributed by atoms with Crippen LogP contribution in [0.15, 0.2) is 36.8 Å². The van der Waals surface area contributed by atoms with Gasteiger partial charge in [-0.3, -0.25) is 23.6 Å². The van der Waals surface area contributed by atoms with Gasteiger partial charge in [0.15, 0.2) is 0 Å². The van der Waals surface area contributed by atoms with Crippen LogP contribution >= 0.6 is 25.3 Å². The van der Waals surface area contributed by atoms with Gasteiger partial charge in [0.2, 0.25) is 0 Å². The minimum absolute atomic E-state index is 0. The van der Waals surface area contributed by atoms with Crippen molar-refractivity contribution in [3.8, 4) is 0 Å². The lowest BCUT2D eigenvalue weighted by atomic mass is 10.2. The van der Waals surface area contributed by atoms with Gasteiger partial charge in [-0.2, -0.15) is 40.6 Å². The largest absolute Gasteiger partial charge is 0.383 e. The van der Waals surface area contributed by atoms with Crippen LogP contribution < -0.4 is 27.8 Å². The van der Waals surface area contributed by atoms with Crippen LogP contribution in [0.5, 0.6) is 0 Å². The van der Waals surface area contributed by atoms with Crippen LogP contribution in [0.1, 0.15) is 256 Å². The normalized spacial score (nSPS) is 8.33. The number of rotatable bonds is 6. The number of thiol groups is 2. The summed E-state index contributed by atoms with van der Waals surface area (Å²) in [6.45, 7) is 49.6. The Kier molecular flexibility index (Phi) is 142. The predicted octanol–water partition coefficient (Wildman–Crippen LogP) is 19.9. The Bertz CT molecular complexity index is 1920. The molecular weight excluding hydrogens is 1080 g/mol. The maximum atomic E-state index is 10.5. The fraction of sp³-hybridized carbons (Fsp3) is 0.697. The molecule has 0 aromatic carbocycles. The van der Waals surface area contributed by atoms with Gasteiger partial charge in [-0.25, -0.2) is 15.0 Å². The van der Waals surface area contributed by atoms with E-state index in [9.17, 15) is 9.59 Å². The lowest BCUT2D eigenvalue weighted by Gasteiger charge is -2.06. The monoisotopic (exact) mass is 1240 g/mol. The Morgan fingerprint density at radius 3 is 0.679 bits per heavy atom. The SMILES string of the molecule is C.C.C.C.C.C.C.C.C.CC.CC.CC.CC.CC.CC.CC.CCC.CCC.CCC.CN[C@@H](CS)C(C)=O.CN[C@@H](CS)C(C)=O.Cc1nn(C)c2ccnc(N)c12.Cc1nn(C)c2ccnc(N)c12.Cc1nn(C)c2ccnc(N)c12. The Morgan fingerprint density at radius 1 is 0.429 bits per heavy atom. The highest BCUT2D eigenvalue weighted by atomic mass is 32.1. The molecule has 0 saturated heterocycles. The molecule has 6 rings (SSSR count). The molecule has 0 spiro atoms. The van der Waals surface area contributed by atoms with Crippen molar-refractivity contribution < 1.29 is 9.59 Å². The zero-order valence-corrected chi connectivity index (χ0v) is 55.4. The van der Waals surface area contributed by atoms with Gasteiger partial charge in [-0.05, 0) is 66.9 Å². The van der Waals surface area contributed by atoms with E-state index in [1.54, 1.807) is 46.5 Å². The smallest absolute Gasteiger partial charge is 0.147 e. The van der Waals surface area contributed by atoms with Gasteiger partial charge < -0.3 is 27.8 Å². The van der Waals surface area contributed by atoms with E-state index in [-0.39, 0.29) is 90.5 Å². The predicted molar refractivity (Wildman–Crippen MR) is 406 cm³/mol. The fourth-order valence-electron chi connectivity index (χ4n) is 5.16. The van der Waals surface area contributed by atoms with Crippen LogP contribution in [0.2, 0.25) is 0 Å². The third-order valence-corrected chi connectivity index (χ3v) is 8.68. The number of anilines is 3. The molecule has 0 saturated carbocycles. The van der Waals surface area contributed by atoms with E-state index in [0.717, 1.165) is 49.8 Å². The van der Waals surface area contributed by atoms with Crippen molar-refractivity contribution in [1.29, 1.82) is 0 Å². The topological polar surface area (TPSA) is 228 Å². The lowest BCUT2D eigenvalue weighted by Crippen LogP contribution is -2.33. The number of likely N-dealkylation sites (N-methyl/N-ethyl adjacent to an activating group) is 2. The number of aromatic nitrogens is 9. The zero-order valence-electron chi connectivity index (χ0n) is 53.6. The molecule has 6 heterocycles. The standard InChI is InChI=1S/3C8H10N4.2C5H11NOS.3C3H8.7C2H6.9CH4/c3*1-5-7-6(12(2)11-5)3-4-10-8(7)9;2*1-4(7)5(3-8)6-2;3*1-3-2;7*1-2;;;;;;;;;/h3*3-4H,1-2H3,(H2,9,10);2*5-6,8H,3H2,1-2H3;3*3H2,1-2H3;7*1-2H3;9*1H4/t;;;2*5-;;;;;;;;;;;;;;;;;;;/m...00.................../s1. The molecule has 0 aliphatic carbocycles. The van der Waals surface area contributed by atoms with Crippen LogP contribution in [0.4, 0.5) is 17.5 Å². The van der Waals surface area contributed by atoms with E-state index in [1.165, 1.54) is 19.3 Å². The highest BCUT2D eigenvalue weighted by Gasteiger charge is 2.10.